The Bertz CT molecular complexity index is 1170. The molecule has 1 aliphatic rings. The number of fused-ring (bicyclic) bond motifs is 1. The maximum absolute atomic E-state index is 13.3. The molecule has 3 aromatic rings. The Morgan fingerprint density at radius 1 is 1.23 bits per heavy atom. The number of aromatic nitrogens is 1. The minimum atomic E-state index is -3.77. The normalized spacial score (nSPS) is 15.9. The summed E-state index contributed by atoms with van der Waals surface area (Å²) in [6, 6.07) is 11.3. The molecule has 0 bridgehead atoms. The summed E-state index contributed by atoms with van der Waals surface area (Å²) in [5.74, 6) is -0.969. The minimum Gasteiger partial charge on any atom is -0.355 e. The first-order valence-electron chi connectivity index (χ1n) is 9.92. The molecule has 4 rings (SSSR count). The van der Waals surface area contributed by atoms with Crippen molar-refractivity contribution in [1.82, 2.24) is 14.6 Å². The summed E-state index contributed by atoms with van der Waals surface area (Å²) in [6.07, 6.45) is 1.52. The zero-order chi connectivity index (χ0) is 22.0. The van der Waals surface area contributed by atoms with E-state index in [4.69, 9.17) is 11.6 Å². The zero-order valence-electron chi connectivity index (χ0n) is 16.6. The molecular weight excluding hydrogens is 461 g/mol. The van der Waals surface area contributed by atoms with Gasteiger partial charge in [0.15, 0.2) is 0 Å². The van der Waals surface area contributed by atoms with E-state index < -0.39 is 15.8 Å². The number of piperidine rings is 1. The first-order valence-corrected chi connectivity index (χ1v) is 12.6. The second kappa shape index (κ2) is 9.20. The fourth-order valence-corrected chi connectivity index (χ4v) is 6.32. The van der Waals surface area contributed by atoms with Crippen LogP contribution in [0.2, 0.25) is 5.02 Å². The van der Waals surface area contributed by atoms with Crippen LogP contribution < -0.4 is 5.32 Å². The molecule has 10 heteroatoms. The van der Waals surface area contributed by atoms with E-state index in [1.165, 1.54) is 10.4 Å². The lowest BCUT2D eigenvalue weighted by molar-refractivity contribution is -0.126. The number of carbonyl (C=O) groups is 1. The molecule has 0 saturated carbocycles. The van der Waals surface area contributed by atoms with Crippen molar-refractivity contribution in [3.63, 3.8) is 0 Å². The molecule has 2 aromatic carbocycles. The lowest BCUT2D eigenvalue weighted by Crippen LogP contribution is -2.43. The van der Waals surface area contributed by atoms with Crippen molar-refractivity contribution in [1.29, 1.82) is 0 Å². The Balaban J connectivity index is 1.28. The third kappa shape index (κ3) is 4.90. The number of hydrogen-bond acceptors (Lipinski definition) is 5. The van der Waals surface area contributed by atoms with Crippen molar-refractivity contribution < 1.29 is 17.6 Å². The van der Waals surface area contributed by atoms with Crippen LogP contribution in [0.15, 0.2) is 47.4 Å². The number of sulfonamides is 1. The van der Waals surface area contributed by atoms with Gasteiger partial charge in [-0.2, -0.15) is 4.31 Å². The Labute approximate surface area is 189 Å². The van der Waals surface area contributed by atoms with E-state index in [1.807, 2.05) is 24.3 Å². The van der Waals surface area contributed by atoms with Gasteiger partial charge in [0.25, 0.3) is 0 Å². The maximum atomic E-state index is 13.3. The molecule has 6 nitrogen and oxygen atoms in total. The van der Waals surface area contributed by atoms with Crippen LogP contribution in [0, 0.1) is 11.7 Å². The molecule has 1 aromatic heterocycles. The maximum Gasteiger partial charge on any atom is 0.243 e. The summed E-state index contributed by atoms with van der Waals surface area (Å²) in [7, 11) is -3.77. The lowest BCUT2D eigenvalue weighted by atomic mass is 9.97. The fourth-order valence-electron chi connectivity index (χ4n) is 3.61. The third-order valence-electron chi connectivity index (χ3n) is 5.33. The summed E-state index contributed by atoms with van der Waals surface area (Å²) in [5, 5.41) is 3.68. The predicted molar refractivity (Wildman–Crippen MR) is 119 cm³/mol. The van der Waals surface area contributed by atoms with Gasteiger partial charge in [-0.15, -0.1) is 11.3 Å². The van der Waals surface area contributed by atoms with Crippen LogP contribution in [0.5, 0.6) is 0 Å². The molecule has 1 N–H and O–H groups in total. The van der Waals surface area contributed by atoms with Crippen molar-refractivity contribution in [2.45, 2.75) is 24.2 Å². The summed E-state index contributed by atoms with van der Waals surface area (Å²) in [4.78, 5) is 17.0. The number of nitrogens with zero attached hydrogens (tertiary/aromatic N) is 2. The predicted octanol–water partition coefficient (Wildman–Crippen LogP) is 3.85. The van der Waals surface area contributed by atoms with Crippen LogP contribution in [-0.2, 0) is 21.2 Å². The van der Waals surface area contributed by atoms with Crippen LogP contribution in [0.4, 0.5) is 4.39 Å². The molecule has 164 valence electrons. The second-order valence-corrected chi connectivity index (χ2v) is 10.8. The first kappa shape index (κ1) is 22.1. The van der Waals surface area contributed by atoms with Crippen LogP contribution in [-0.4, -0.2) is 43.2 Å². The van der Waals surface area contributed by atoms with Crippen molar-refractivity contribution in [3.8, 4) is 0 Å². The number of benzene rings is 2. The lowest BCUT2D eigenvalue weighted by Gasteiger charge is -2.30. The molecule has 0 aliphatic carbocycles. The van der Waals surface area contributed by atoms with Crippen LogP contribution >= 0.6 is 22.9 Å². The number of amides is 1. The molecule has 0 spiro atoms. The second-order valence-electron chi connectivity index (χ2n) is 7.37. The van der Waals surface area contributed by atoms with Crippen LogP contribution in [0.1, 0.15) is 17.8 Å². The van der Waals surface area contributed by atoms with E-state index in [1.54, 1.807) is 11.3 Å². The highest BCUT2D eigenvalue weighted by molar-refractivity contribution is 7.89. The van der Waals surface area contributed by atoms with E-state index in [-0.39, 0.29) is 34.8 Å². The molecule has 2 heterocycles. The number of halogens is 2. The van der Waals surface area contributed by atoms with Crippen LogP contribution in [0.25, 0.3) is 10.2 Å². The van der Waals surface area contributed by atoms with E-state index in [2.05, 4.69) is 10.3 Å². The van der Waals surface area contributed by atoms with Gasteiger partial charge < -0.3 is 5.32 Å². The van der Waals surface area contributed by atoms with Crippen molar-refractivity contribution >= 4 is 49.1 Å². The van der Waals surface area contributed by atoms with Gasteiger partial charge in [0.2, 0.25) is 15.9 Å². The van der Waals surface area contributed by atoms with Gasteiger partial charge in [-0.3, -0.25) is 4.79 Å². The largest absolute Gasteiger partial charge is 0.355 e. The van der Waals surface area contributed by atoms with Gasteiger partial charge in [0, 0.05) is 32.0 Å². The number of carbonyl (C=O) groups excluding carboxylic acids is 1. The molecule has 1 aliphatic heterocycles. The highest BCUT2D eigenvalue weighted by atomic mass is 35.5. The molecule has 1 saturated heterocycles. The van der Waals surface area contributed by atoms with Crippen molar-refractivity contribution in [3.05, 3.63) is 58.3 Å². The van der Waals surface area contributed by atoms with Gasteiger partial charge in [0.1, 0.15) is 5.82 Å². The van der Waals surface area contributed by atoms with Gasteiger partial charge in [-0.05, 0) is 43.2 Å². The number of rotatable bonds is 6. The summed E-state index contributed by atoms with van der Waals surface area (Å²) < 4.78 is 41.3. The number of thiazole rings is 1. The summed E-state index contributed by atoms with van der Waals surface area (Å²) >= 11 is 7.34. The molecule has 0 radical (unpaired) electrons. The fraction of sp³-hybridized carbons (Fsp3) is 0.333. The Morgan fingerprint density at radius 3 is 2.68 bits per heavy atom. The average molecular weight is 482 g/mol. The molecule has 0 unspecified atom stereocenters. The molecule has 0 atom stereocenters. The molecule has 1 fully saturated rings. The highest BCUT2D eigenvalue weighted by Gasteiger charge is 2.32. The van der Waals surface area contributed by atoms with Crippen molar-refractivity contribution in [2.24, 2.45) is 5.92 Å². The van der Waals surface area contributed by atoms with E-state index in [0.29, 0.717) is 25.8 Å². The summed E-state index contributed by atoms with van der Waals surface area (Å²) in [5.41, 5.74) is 0.963. The topological polar surface area (TPSA) is 79.4 Å². The van der Waals surface area contributed by atoms with E-state index >= 15 is 0 Å². The first-order chi connectivity index (χ1) is 14.8. The minimum absolute atomic E-state index is 0.0439. The molecule has 1 amide bonds. The van der Waals surface area contributed by atoms with Gasteiger partial charge in [0.05, 0.1) is 25.1 Å². The van der Waals surface area contributed by atoms with Gasteiger partial charge in [-0.1, -0.05) is 23.7 Å². The summed E-state index contributed by atoms with van der Waals surface area (Å²) in [6.45, 7) is 0.950. The third-order valence-corrected chi connectivity index (χ3v) is 8.61. The number of para-hydroxylation sites is 1. The zero-order valence-corrected chi connectivity index (χ0v) is 18.9. The Morgan fingerprint density at radius 2 is 1.97 bits per heavy atom. The average Bonchev–Trinajstić information content (AvgIpc) is 3.18. The van der Waals surface area contributed by atoms with Gasteiger partial charge >= 0.3 is 0 Å². The monoisotopic (exact) mass is 481 g/mol. The SMILES string of the molecule is O=C(NCCc1nc2ccccc2s1)C1CCN(S(=O)(=O)c2ccc(F)c(Cl)c2)CC1. The van der Waals surface area contributed by atoms with E-state index in [0.717, 1.165) is 27.4 Å². The standard InChI is InChI=1S/C21H21ClFN3O3S2/c22-16-13-15(5-6-17(16)23)31(28,29)26-11-8-14(9-12-26)21(27)24-10-7-20-25-18-3-1-2-4-19(18)30-20/h1-6,13-14H,7-12H2,(H,24,27). The number of nitrogens with one attached hydrogen (secondary N) is 1. The van der Waals surface area contributed by atoms with E-state index in [9.17, 15) is 17.6 Å². The number of hydrogen-bond donors (Lipinski definition) is 1. The quantitative estimate of drug-likeness (QED) is 0.580. The Hall–Kier alpha value is -2.07. The van der Waals surface area contributed by atoms with Crippen molar-refractivity contribution in [2.75, 3.05) is 19.6 Å². The van der Waals surface area contributed by atoms with Crippen LogP contribution in [0.3, 0.4) is 0 Å². The Kier molecular flexibility index (Phi) is 6.57. The molecule has 31 heavy (non-hydrogen) atoms. The van der Waals surface area contributed by atoms with Gasteiger partial charge in [-0.25, -0.2) is 17.8 Å². The smallest absolute Gasteiger partial charge is 0.243 e. The molecular formula is C21H21ClFN3O3S2. The highest BCUT2D eigenvalue weighted by Crippen LogP contribution is 2.27.